The summed E-state index contributed by atoms with van der Waals surface area (Å²) in [4.78, 5) is 16.7. The second-order valence-corrected chi connectivity index (χ2v) is 10.1. The molecule has 0 aromatic heterocycles. The zero-order chi connectivity index (χ0) is 21.0. The predicted octanol–water partition coefficient (Wildman–Crippen LogP) is 2.41. The van der Waals surface area contributed by atoms with Gasteiger partial charge in [0.25, 0.3) is 16.1 Å². The van der Waals surface area contributed by atoms with Crippen molar-refractivity contribution in [3.8, 4) is 0 Å². The molecule has 0 bridgehead atoms. The SMILES string of the molecule is CCN(C)c1ccc(C(=O)N2CCN(S(=O)(=O)N(C)C3CCCCC3)CC2)cc1. The molecule has 1 aliphatic heterocycles. The van der Waals surface area contributed by atoms with Crippen molar-refractivity contribution in [2.75, 3.05) is 51.7 Å². The minimum absolute atomic E-state index is 0.0339. The van der Waals surface area contributed by atoms with E-state index in [2.05, 4.69) is 11.8 Å². The van der Waals surface area contributed by atoms with Gasteiger partial charge in [-0.3, -0.25) is 4.79 Å². The van der Waals surface area contributed by atoms with Crippen LogP contribution in [0.2, 0.25) is 0 Å². The highest BCUT2D eigenvalue weighted by Crippen LogP contribution is 2.25. The maximum atomic E-state index is 13.0. The van der Waals surface area contributed by atoms with Crippen LogP contribution in [-0.4, -0.2) is 80.7 Å². The minimum Gasteiger partial charge on any atom is -0.375 e. The first-order valence-corrected chi connectivity index (χ1v) is 12.1. The van der Waals surface area contributed by atoms with Gasteiger partial charge in [-0.2, -0.15) is 17.0 Å². The maximum Gasteiger partial charge on any atom is 0.282 e. The van der Waals surface area contributed by atoms with E-state index in [0.717, 1.165) is 37.9 Å². The Morgan fingerprint density at radius 2 is 1.59 bits per heavy atom. The quantitative estimate of drug-likeness (QED) is 0.706. The van der Waals surface area contributed by atoms with Gasteiger partial charge in [0.2, 0.25) is 0 Å². The Labute approximate surface area is 175 Å². The normalized spacial score (nSPS) is 19.5. The number of rotatable bonds is 6. The number of nitrogens with zero attached hydrogens (tertiary/aromatic N) is 4. The van der Waals surface area contributed by atoms with Crippen molar-refractivity contribution in [3.63, 3.8) is 0 Å². The van der Waals surface area contributed by atoms with Crippen molar-refractivity contribution < 1.29 is 13.2 Å². The molecule has 0 atom stereocenters. The van der Waals surface area contributed by atoms with Gasteiger partial charge in [0.1, 0.15) is 0 Å². The molecule has 1 aliphatic carbocycles. The van der Waals surface area contributed by atoms with Crippen molar-refractivity contribution >= 4 is 21.8 Å². The van der Waals surface area contributed by atoms with Crippen LogP contribution in [0.1, 0.15) is 49.4 Å². The van der Waals surface area contributed by atoms with Crippen LogP contribution in [0.25, 0.3) is 0 Å². The zero-order valence-electron chi connectivity index (χ0n) is 17.9. The van der Waals surface area contributed by atoms with Crippen LogP contribution >= 0.6 is 0 Å². The van der Waals surface area contributed by atoms with Crippen molar-refractivity contribution in [1.82, 2.24) is 13.5 Å². The van der Waals surface area contributed by atoms with E-state index < -0.39 is 10.2 Å². The molecule has 2 aliphatic rings. The largest absolute Gasteiger partial charge is 0.375 e. The minimum atomic E-state index is -3.47. The van der Waals surface area contributed by atoms with Gasteiger partial charge in [-0.25, -0.2) is 0 Å². The summed E-state index contributed by atoms with van der Waals surface area (Å²) in [5.74, 6) is -0.0339. The topological polar surface area (TPSA) is 64.2 Å². The number of hydrogen-bond donors (Lipinski definition) is 0. The van der Waals surface area contributed by atoms with E-state index in [-0.39, 0.29) is 11.9 Å². The summed E-state index contributed by atoms with van der Waals surface area (Å²) in [6.45, 7) is 4.53. The molecule has 3 rings (SSSR count). The third-order valence-electron chi connectivity index (χ3n) is 6.33. The lowest BCUT2D eigenvalue weighted by atomic mass is 9.96. The monoisotopic (exact) mass is 422 g/mol. The third kappa shape index (κ3) is 4.92. The molecule has 0 N–H and O–H groups in total. The van der Waals surface area contributed by atoms with E-state index in [0.29, 0.717) is 31.7 Å². The molecular weight excluding hydrogens is 388 g/mol. The third-order valence-corrected chi connectivity index (χ3v) is 8.38. The van der Waals surface area contributed by atoms with Gasteiger partial charge in [0.05, 0.1) is 0 Å². The molecule has 1 heterocycles. The molecule has 0 radical (unpaired) electrons. The fourth-order valence-electron chi connectivity index (χ4n) is 4.16. The Hall–Kier alpha value is -1.64. The summed E-state index contributed by atoms with van der Waals surface area (Å²) >= 11 is 0. The van der Waals surface area contributed by atoms with Gasteiger partial charge in [-0.1, -0.05) is 19.3 Å². The summed E-state index contributed by atoms with van der Waals surface area (Å²) < 4.78 is 29.1. The summed E-state index contributed by atoms with van der Waals surface area (Å²) in [6, 6.07) is 7.72. The zero-order valence-corrected chi connectivity index (χ0v) is 18.7. The number of hydrogen-bond acceptors (Lipinski definition) is 4. The number of carbonyl (C=O) groups is 1. The van der Waals surface area contributed by atoms with E-state index in [1.165, 1.54) is 10.7 Å². The average Bonchev–Trinajstić information content (AvgIpc) is 2.78. The maximum absolute atomic E-state index is 13.0. The lowest BCUT2D eigenvalue weighted by molar-refractivity contribution is 0.0693. The van der Waals surface area contributed by atoms with Crippen LogP contribution in [-0.2, 0) is 10.2 Å². The van der Waals surface area contributed by atoms with Crippen LogP contribution in [0.3, 0.4) is 0 Å². The van der Waals surface area contributed by atoms with Crippen molar-refractivity contribution in [2.24, 2.45) is 0 Å². The van der Waals surface area contributed by atoms with E-state index in [4.69, 9.17) is 0 Å². The summed E-state index contributed by atoms with van der Waals surface area (Å²) in [5, 5.41) is 0. The smallest absolute Gasteiger partial charge is 0.282 e. The van der Waals surface area contributed by atoms with Gasteiger partial charge in [0.15, 0.2) is 0 Å². The number of amides is 1. The lowest BCUT2D eigenvalue weighted by Gasteiger charge is -2.38. The summed E-state index contributed by atoms with van der Waals surface area (Å²) in [5.41, 5.74) is 1.72. The van der Waals surface area contributed by atoms with Crippen LogP contribution in [0.5, 0.6) is 0 Å². The van der Waals surface area contributed by atoms with Gasteiger partial charge < -0.3 is 9.80 Å². The molecule has 162 valence electrons. The molecule has 1 amide bonds. The molecule has 2 fully saturated rings. The van der Waals surface area contributed by atoms with E-state index in [1.807, 2.05) is 31.3 Å². The summed E-state index contributed by atoms with van der Waals surface area (Å²) in [7, 11) is 0.250. The lowest BCUT2D eigenvalue weighted by Crippen LogP contribution is -2.55. The van der Waals surface area contributed by atoms with Crippen LogP contribution in [0, 0.1) is 0 Å². The molecule has 29 heavy (non-hydrogen) atoms. The average molecular weight is 423 g/mol. The molecule has 1 saturated carbocycles. The molecule has 0 spiro atoms. The highest BCUT2D eigenvalue weighted by atomic mass is 32.2. The molecule has 0 unspecified atom stereocenters. The molecule has 1 aromatic carbocycles. The molecule has 8 heteroatoms. The van der Waals surface area contributed by atoms with Crippen molar-refractivity contribution in [1.29, 1.82) is 0 Å². The van der Waals surface area contributed by atoms with Crippen molar-refractivity contribution in [2.45, 2.75) is 45.1 Å². The second-order valence-electron chi connectivity index (χ2n) is 8.07. The first kappa shape index (κ1) is 22.1. The number of piperazine rings is 1. The number of anilines is 1. The van der Waals surface area contributed by atoms with E-state index in [1.54, 1.807) is 16.3 Å². The fourth-order valence-corrected chi connectivity index (χ4v) is 5.74. The number of carbonyl (C=O) groups excluding carboxylic acids is 1. The first-order valence-electron chi connectivity index (χ1n) is 10.7. The standard InChI is InChI=1S/C21H34N4O3S/c1-4-22(2)19-12-10-18(11-13-19)21(26)24-14-16-25(17-15-24)29(27,28)23(3)20-8-6-5-7-9-20/h10-13,20H,4-9,14-17H2,1-3H3. The van der Waals surface area contributed by atoms with Gasteiger partial charge in [-0.05, 0) is 44.0 Å². The van der Waals surface area contributed by atoms with Gasteiger partial charge >= 0.3 is 0 Å². The highest BCUT2D eigenvalue weighted by Gasteiger charge is 2.35. The highest BCUT2D eigenvalue weighted by molar-refractivity contribution is 7.86. The Balaban J connectivity index is 1.58. The molecule has 1 aromatic rings. The van der Waals surface area contributed by atoms with E-state index in [9.17, 15) is 13.2 Å². The van der Waals surface area contributed by atoms with Crippen LogP contribution in [0.4, 0.5) is 5.69 Å². The molecule has 7 nitrogen and oxygen atoms in total. The summed E-state index contributed by atoms with van der Waals surface area (Å²) in [6.07, 6.45) is 5.27. The fraction of sp³-hybridized carbons (Fsp3) is 0.667. The first-order chi connectivity index (χ1) is 13.8. The Bertz CT molecular complexity index is 783. The molecular formula is C21H34N4O3S. The Morgan fingerprint density at radius 1 is 1.00 bits per heavy atom. The number of benzene rings is 1. The Morgan fingerprint density at radius 3 is 2.14 bits per heavy atom. The predicted molar refractivity (Wildman–Crippen MR) is 116 cm³/mol. The van der Waals surface area contributed by atoms with Crippen LogP contribution < -0.4 is 4.90 Å². The Kier molecular flexibility index (Phi) is 7.19. The van der Waals surface area contributed by atoms with Crippen LogP contribution in [0.15, 0.2) is 24.3 Å². The van der Waals surface area contributed by atoms with E-state index >= 15 is 0 Å². The second kappa shape index (κ2) is 9.45. The van der Waals surface area contributed by atoms with Gasteiger partial charge in [0, 0.05) is 64.1 Å². The van der Waals surface area contributed by atoms with Crippen molar-refractivity contribution in [3.05, 3.63) is 29.8 Å². The van der Waals surface area contributed by atoms with Gasteiger partial charge in [-0.15, -0.1) is 0 Å². The molecule has 1 saturated heterocycles.